The first-order chi connectivity index (χ1) is 9.14. The lowest BCUT2D eigenvalue weighted by Gasteiger charge is -2.47. The van der Waals surface area contributed by atoms with E-state index in [2.05, 4.69) is 0 Å². The van der Waals surface area contributed by atoms with Crippen molar-refractivity contribution in [1.29, 1.82) is 0 Å². The molecule has 0 bridgehead atoms. The van der Waals surface area contributed by atoms with E-state index in [9.17, 15) is 9.90 Å². The van der Waals surface area contributed by atoms with Crippen molar-refractivity contribution < 1.29 is 14.6 Å². The molecule has 1 amide bonds. The van der Waals surface area contributed by atoms with E-state index in [4.69, 9.17) is 4.74 Å². The molecule has 1 saturated heterocycles. The molecule has 3 rings (SSSR count). The van der Waals surface area contributed by atoms with Crippen molar-refractivity contribution in [3.63, 3.8) is 0 Å². The van der Waals surface area contributed by atoms with Crippen LogP contribution in [0.2, 0.25) is 0 Å². The maximum Gasteiger partial charge on any atom is 0.270 e. The smallest absolute Gasteiger partial charge is 0.270 e. The Morgan fingerprint density at radius 3 is 2.89 bits per heavy atom. The second-order valence-electron chi connectivity index (χ2n) is 5.62. The molecule has 19 heavy (non-hydrogen) atoms. The molecule has 0 atom stereocenters. The fraction of sp³-hybridized carbons (Fsp3) is 0.643. The standard InChI is InChI=1S/C14H20N2O3/c1-19-8-7-15-6-2-3-12(15)13(17)16-9-14(18,10-16)11-4-5-11/h2-3,6,11,18H,4-5,7-10H2,1H3. The molecule has 5 heteroatoms. The van der Waals surface area contributed by atoms with Gasteiger partial charge in [-0.2, -0.15) is 0 Å². The minimum Gasteiger partial charge on any atom is -0.386 e. The predicted octanol–water partition coefficient (Wildman–Crippen LogP) is 0.731. The van der Waals surface area contributed by atoms with Crippen LogP contribution in [0.25, 0.3) is 0 Å². The predicted molar refractivity (Wildman–Crippen MR) is 69.9 cm³/mol. The number of hydrogen-bond donors (Lipinski definition) is 1. The lowest BCUT2D eigenvalue weighted by atomic mass is 9.88. The van der Waals surface area contributed by atoms with Crippen LogP contribution in [0.1, 0.15) is 23.3 Å². The Morgan fingerprint density at radius 1 is 1.53 bits per heavy atom. The largest absolute Gasteiger partial charge is 0.386 e. The number of amides is 1. The fourth-order valence-electron chi connectivity index (χ4n) is 2.79. The molecular formula is C14H20N2O3. The Bertz CT molecular complexity index is 473. The number of likely N-dealkylation sites (tertiary alicyclic amines) is 1. The normalized spacial score (nSPS) is 21.3. The second kappa shape index (κ2) is 4.65. The number of nitrogens with zero attached hydrogens (tertiary/aromatic N) is 2. The molecule has 5 nitrogen and oxygen atoms in total. The molecule has 0 spiro atoms. The highest BCUT2D eigenvalue weighted by molar-refractivity contribution is 5.93. The van der Waals surface area contributed by atoms with Crippen LogP contribution in [0.4, 0.5) is 0 Å². The molecule has 1 aliphatic heterocycles. The highest BCUT2D eigenvalue weighted by Crippen LogP contribution is 2.44. The topological polar surface area (TPSA) is 54.7 Å². The maximum absolute atomic E-state index is 12.4. The molecular weight excluding hydrogens is 244 g/mol. The highest BCUT2D eigenvalue weighted by Gasteiger charge is 2.53. The Kier molecular flexibility index (Phi) is 3.11. The van der Waals surface area contributed by atoms with E-state index in [1.807, 2.05) is 22.9 Å². The number of ether oxygens (including phenoxy) is 1. The zero-order valence-electron chi connectivity index (χ0n) is 11.2. The highest BCUT2D eigenvalue weighted by atomic mass is 16.5. The van der Waals surface area contributed by atoms with Crippen LogP contribution in [-0.2, 0) is 11.3 Å². The molecule has 2 fully saturated rings. The first-order valence-corrected chi connectivity index (χ1v) is 6.80. The average molecular weight is 264 g/mol. The molecule has 2 heterocycles. The fourth-order valence-corrected chi connectivity index (χ4v) is 2.79. The van der Waals surface area contributed by atoms with Crippen LogP contribution in [0, 0.1) is 5.92 Å². The van der Waals surface area contributed by atoms with Gasteiger partial charge in [-0.25, -0.2) is 0 Å². The number of methoxy groups -OCH3 is 1. The summed E-state index contributed by atoms with van der Waals surface area (Å²) in [5.74, 6) is 0.420. The van der Waals surface area contributed by atoms with Gasteiger partial charge in [-0.05, 0) is 30.9 Å². The van der Waals surface area contributed by atoms with Crippen molar-refractivity contribution in [2.75, 3.05) is 26.8 Å². The summed E-state index contributed by atoms with van der Waals surface area (Å²) in [6.07, 6.45) is 4.09. The summed E-state index contributed by atoms with van der Waals surface area (Å²) >= 11 is 0. The minimum absolute atomic E-state index is 0.00595. The molecule has 2 aliphatic rings. The number of β-amino-alcohol motifs (C(OH)–C–C–N with tert-alkyl or cyclic N) is 1. The first-order valence-electron chi connectivity index (χ1n) is 6.80. The third-order valence-electron chi connectivity index (χ3n) is 4.14. The monoisotopic (exact) mass is 264 g/mol. The van der Waals surface area contributed by atoms with Gasteiger partial charge in [0.1, 0.15) is 11.3 Å². The summed E-state index contributed by atoms with van der Waals surface area (Å²) in [4.78, 5) is 14.1. The molecule has 1 saturated carbocycles. The van der Waals surface area contributed by atoms with Gasteiger partial charge in [-0.15, -0.1) is 0 Å². The zero-order valence-corrected chi connectivity index (χ0v) is 11.2. The van der Waals surface area contributed by atoms with Crippen LogP contribution in [-0.4, -0.2) is 52.9 Å². The number of aliphatic hydroxyl groups is 1. The van der Waals surface area contributed by atoms with E-state index < -0.39 is 5.60 Å². The third-order valence-corrected chi connectivity index (χ3v) is 4.14. The number of carbonyl (C=O) groups excluding carboxylic acids is 1. The molecule has 104 valence electrons. The zero-order chi connectivity index (χ0) is 13.5. The van der Waals surface area contributed by atoms with Crippen molar-refractivity contribution in [2.45, 2.75) is 25.0 Å². The molecule has 1 aliphatic carbocycles. The maximum atomic E-state index is 12.4. The Morgan fingerprint density at radius 2 is 2.26 bits per heavy atom. The van der Waals surface area contributed by atoms with Gasteiger partial charge in [0.15, 0.2) is 0 Å². The van der Waals surface area contributed by atoms with E-state index in [-0.39, 0.29) is 5.91 Å². The van der Waals surface area contributed by atoms with Crippen molar-refractivity contribution in [3.8, 4) is 0 Å². The van der Waals surface area contributed by atoms with Gasteiger partial charge in [0.25, 0.3) is 5.91 Å². The molecule has 0 unspecified atom stereocenters. The van der Waals surface area contributed by atoms with E-state index >= 15 is 0 Å². The SMILES string of the molecule is COCCn1cccc1C(=O)N1CC(O)(C2CC2)C1. The Hall–Kier alpha value is -1.33. The summed E-state index contributed by atoms with van der Waals surface area (Å²) in [6, 6.07) is 3.70. The molecule has 1 N–H and O–H groups in total. The second-order valence-corrected chi connectivity index (χ2v) is 5.62. The van der Waals surface area contributed by atoms with E-state index in [0.29, 0.717) is 37.9 Å². The van der Waals surface area contributed by atoms with Crippen LogP contribution in [0.3, 0.4) is 0 Å². The molecule has 0 radical (unpaired) electrons. The van der Waals surface area contributed by atoms with Gasteiger partial charge in [0, 0.05) is 19.9 Å². The van der Waals surface area contributed by atoms with E-state index in [1.165, 1.54) is 0 Å². The third kappa shape index (κ3) is 2.28. The van der Waals surface area contributed by atoms with Crippen LogP contribution >= 0.6 is 0 Å². The minimum atomic E-state index is -0.611. The van der Waals surface area contributed by atoms with Crippen LogP contribution < -0.4 is 0 Å². The van der Waals surface area contributed by atoms with E-state index in [1.54, 1.807) is 12.0 Å². The quantitative estimate of drug-likeness (QED) is 0.853. The van der Waals surface area contributed by atoms with Crippen molar-refractivity contribution in [2.24, 2.45) is 5.92 Å². The Balaban J connectivity index is 1.63. The lowest BCUT2D eigenvalue weighted by molar-refractivity contribution is -0.0960. The van der Waals surface area contributed by atoms with Crippen LogP contribution in [0.5, 0.6) is 0 Å². The molecule has 1 aromatic rings. The van der Waals surface area contributed by atoms with Crippen molar-refractivity contribution in [3.05, 3.63) is 24.0 Å². The first kappa shape index (κ1) is 12.7. The number of carbonyl (C=O) groups is 1. The number of aromatic nitrogens is 1. The number of rotatable bonds is 5. The average Bonchev–Trinajstić information content (AvgIpc) is 3.11. The number of hydrogen-bond acceptors (Lipinski definition) is 3. The van der Waals surface area contributed by atoms with Crippen molar-refractivity contribution in [1.82, 2.24) is 9.47 Å². The summed E-state index contributed by atoms with van der Waals surface area (Å²) in [5.41, 5.74) is 0.0643. The van der Waals surface area contributed by atoms with Crippen molar-refractivity contribution >= 4 is 5.91 Å². The van der Waals surface area contributed by atoms with Gasteiger partial charge >= 0.3 is 0 Å². The van der Waals surface area contributed by atoms with Gasteiger partial charge in [0.2, 0.25) is 0 Å². The summed E-state index contributed by atoms with van der Waals surface area (Å²) in [5, 5.41) is 10.3. The van der Waals surface area contributed by atoms with Gasteiger partial charge in [-0.3, -0.25) is 4.79 Å². The molecule has 0 aromatic carbocycles. The van der Waals surface area contributed by atoms with Gasteiger partial charge in [0.05, 0.1) is 19.7 Å². The van der Waals surface area contributed by atoms with E-state index in [0.717, 1.165) is 12.8 Å². The summed E-state index contributed by atoms with van der Waals surface area (Å²) in [7, 11) is 1.65. The van der Waals surface area contributed by atoms with Crippen LogP contribution in [0.15, 0.2) is 18.3 Å². The summed E-state index contributed by atoms with van der Waals surface area (Å²) in [6.45, 7) is 2.21. The lowest BCUT2D eigenvalue weighted by Crippen LogP contribution is -2.64. The summed E-state index contributed by atoms with van der Waals surface area (Å²) < 4.78 is 6.94. The molecule has 1 aromatic heterocycles. The Labute approximate surface area is 112 Å². The van der Waals surface area contributed by atoms with Gasteiger partial charge in [-0.1, -0.05) is 0 Å². The van der Waals surface area contributed by atoms with Gasteiger partial charge < -0.3 is 19.3 Å².